The fourth-order valence-electron chi connectivity index (χ4n) is 2.11. The molecule has 4 nitrogen and oxygen atoms in total. The molecule has 1 saturated heterocycles. The van der Waals surface area contributed by atoms with Crippen molar-refractivity contribution >= 4 is 5.91 Å². The summed E-state index contributed by atoms with van der Waals surface area (Å²) in [6, 6.07) is 9.76. The van der Waals surface area contributed by atoms with E-state index in [1.807, 2.05) is 30.3 Å². The van der Waals surface area contributed by atoms with Crippen molar-refractivity contribution in [1.82, 2.24) is 4.90 Å². The molecule has 0 saturated carbocycles. The number of aryl methyl sites for hydroxylation is 1. The molecule has 17 heavy (non-hydrogen) atoms. The second-order valence-corrected chi connectivity index (χ2v) is 4.37. The maximum absolute atomic E-state index is 11.9. The molecule has 1 aliphatic rings. The Bertz CT molecular complexity index is 392. The van der Waals surface area contributed by atoms with E-state index < -0.39 is 0 Å². The lowest BCUT2D eigenvalue weighted by molar-refractivity contribution is -0.130. The van der Waals surface area contributed by atoms with Crippen LogP contribution in [0.3, 0.4) is 0 Å². The average molecular weight is 232 g/mol. The third-order valence-corrected chi connectivity index (χ3v) is 3.14. The summed E-state index contributed by atoms with van der Waals surface area (Å²) in [6.45, 7) is 1.17. The van der Waals surface area contributed by atoms with Gasteiger partial charge in [0, 0.05) is 19.5 Å². The van der Waals surface area contributed by atoms with Crippen LogP contribution in [-0.2, 0) is 11.2 Å². The summed E-state index contributed by atoms with van der Waals surface area (Å²) in [4.78, 5) is 24.0. The van der Waals surface area contributed by atoms with Gasteiger partial charge in [0.1, 0.15) is 6.04 Å². The summed E-state index contributed by atoms with van der Waals surface area (Å²) in [5.41, 5.74) is 1.17. The van der Waals surface area contributed by atoms with Crippen molar-refractivity contribution in [2.24, 2.45) is 5.18 Å². The van der Waals surface area contributed by atoms with Crippen LogP contribution in [0.5, 0.6) is 0 Å². The first-order valence-electron chi connectivity index (χ1n) is 5.94. The first-order valence-corrected chi connectivity index (χ1v) is 5.94. The molecule has 0 spiro atoms. The Morgan fingerprint density at radius 1 is 1.35 bits per heavy atom. The van der Waals surface area contributed by atoms with Gasteiger partial charge in [0.15, 0.2) is 0 Å². The monoisotopic (exact) mass is 232 g/mol. The Morgan fingerprint density at radius 3 is 2.76 bits per heavy atom. The van der Waals surface area contributed by atoms with Gasteiger partial charge in [-0.25, -0.2) is 0 Å². The molecule has 4 heteroatoms. The minimum absolute atomic E-state index is 0.125. The molecule has 1 aliphatic heterocycles. The first-order chi connectivity index (χ1) is 8.29. The number of hydrogen-bond donors (Lipinski definition) is 0. The molecule has 1 fully saturated rings. The highest BCUT2D eigenvalue weighted by atomic mass is 16.3. The molecule has 1 atom stereocenters. The van der Waals surface area contributed by atoms with Crippen molar-refractivity contribution in [2.75, 3.05) is 13.1 Å². The molecule has 0 aliphatic carbocycles. The van der Waals surface area contributed by atoms with Crippen LogP contribution in [0, 0.1) is 4.91 Å². The van der Waals surface area contributed by atoms with Crippen LogP contribution in [0.25, 0.3) is 0 Å². The Morgan fingerprint density at radius 2 is 2.12 bits per heavy atom. The molecule has 1 amide bonds. The standard InChI is InChI=1S/C13H16N2O2/c16-13(15-9-8-12(10-15)14-17)7-6-11-4-2-1-3-5-11/h1-5,12H,6-10H2. The lowest BCUT2D eigenvalue weighted by Gasteiger charge is -2.15. The number of carbonyl (C=O) groups is 1. The molecule has 1 heterocycles. The van der Waals surface area contributed by atoms with Gasteiger partial charge in [-0.3, -0.25) is 4.79 Å². The smallest absolute Gasteiger partial charge is 0.222 e. The zero-order valence-electron chi connectivity index (χ0n) is 9.71. The maximum Gasteiger partial charge on any atom is 0.222 e. The van der Waals surface area contributed by atoms with E-state index >= 15 is 0 Å². The molecule has 2 rings (SSSR count). The Balaban J connectivity index is 1.80. The van der Waals surface area contributed by atoms with Gasteiger partial charge in [-0.05, 0) is 18.4 Å². The van der Waals surface area contributed by atoms with E-state index in [9.17, 15) is 9.70 Å². The molecule has 90 valence electrons. The number of nitrogens with zero attached hydrogens (tertiary/aromatic N) is 2. The van der Waals surface area contributed by atoms with Crippen molar-refractivity contribution in [1.29, 1.82) is 0 Å². The molecular formula is C13H16N2O2. The van der Waals surface area contributed by atoms with E-state index in [0.717, 1.165) is 6.42 Å². The fourth-order valence-corrected chi connectivity index (χ4v) is 2.11. The number of amides is 1. The van der Waals surface area contributed by atoms with Gasteiger partial charge in [0.2, 0.25) is 5.91 Å². The fraction of sp³-hybridized carbons (Fsp3) is 0.462. The van der Waals surface area contributed by atoms with E-state index in [1.165, 1.54) is 5.56 Å². The maximum atomic E-state index is 11.9. The minimum Gasteiger partial charge on any atom is -0.340 e. The van der Waals surface area contributed by atoms with Gasteiger partial charge in [-0.2, -0.15) is 4.91 Å². The highest BCUT2D eigenvalue weighted by Crippen LogP contribution is 2.14. The molecule has 1 unspecified atom stereocenters. The average Bonchev–Trinajstić information content (AvgIpc) is 2.86. The minimum atomic E-state index is -0.198. The second-order valence-electron chi connectivity index (χ2n) is 4.37. The van der Waals surface area contributed by atoms with Gasteiger partial charge >= 0.3 is 0 Å². The van der Waals surface area contributed by atoms with E-state index in [1.54, 1.807) is 4.90 Å². The van der Waals surface area contributed by atoms with Crippen molar-refractivity contribution in [2.45, 2.75) is 25.3 Å². The number of benzene rings is 1. The predicted molar refractivity (Wildman–Crippen MR) is 65.5 cm³/mol. The van der Waals surface area contributed by atoms with E-state index in [2.05, 4.69) is 5.18 Å². The number of likely N-dealkylation sites (tertiary alicyclic amines) is 1. The normalized spacial score (nSPS) is 19.3. The molecule has 1 aromatic rings. The van der Waals surface area contributed by atoms with Crippen molar-refractivity contribution < 1.29 is 4.79 Å². The number of carbonyl (C=O) groups excluding carboxylic acids is 1. The summed E-state index contributed by atoms with van der Waals surface area (Å²) in [5, 5.41) is 2.99. The molecular weight excluding hydrogens is 216 g/mol. The molecule has 0 aromatic heterocycles. The van der Waals surface area contributed by atoms with Gasteiger partial charge < -0.3 is 4.90 Å². The quantitative estimate of drug-likeness (QED) is 0.745. The topological polar surface area (TPSA) is 49.7 Å². The van der Waals surface area contributed by atoms with Crippen LogP contribution in [-0.4, -0.2) is 29.9 Å². The van der Waals surface area contributed by atoms with Crippen molar-refractivity contribution in [3.05, 3.63) is 40.8 Å². The van der Waals surface area contributed by atoms with Crippen LogP contribution in [0.2, 0.25) is 0 Å². The predicted octanol–water partition coefficient (Wildman–Crippen LogP) is 1.99. The van der Waals surface area contributed by atoms with Crippen LogP contribution < -0.4 is 0 Å². The summed E-state index contributed by atoms with van der Waals surface area (Å²) >= 11 is 0. The Kier molecular flexibility index (Phi) is 3.85. The molecule has 0 N–H and O–H groups in total. The zero-order valence-corrected chi connectivity index (χ0v) is 9.71. The van der Waals surface area contributed by atoms with Gasteiger partial charge in [-0.1, -0.05) is 35.5 Å². The third kappa shape index (κ3) is 3.12. The summed E-state index contributed by atoms with van der Waals surface area (Å²) in [5.74, 6) is 0.125. The summed E-state index contributed by atoms with van der Waals surface area (Å²) in [6.07, 6.45) is 1.98. The van der Waals surface area contributed by atoms with Gasteiger partial charge in [0.25, 0.3) is 0 Å². The molecule has 0 radical (unpaired) electrons. The number of rotatable bonds is 4. The van der Waals surface area contributed by atoms with Crippen LogP contribution in [0.15, 0.2) is 35.5 Å². The molecule has 1 aromatic carbocycles. The summed E-state index contributed by atoms with van der Waals surface area (Å²) < 4.78 is 0. The second kappa shape index (κ2) is 5.57. The van der Waals surface area contributed by atoms with E-state index in [0.29, 0.717) is 25.9 Å². The Hall–Kier alpha value is -1.71. The van der Waals surface area contributed by atoms with Crippen LogP contribution in [0.4, 0.5) is 0 Å². The number of nitroso groups, excluding NO2 is 1. The van der Waals surface area contributed by atoms with Crippen LogP contribution >= 0.6 is 0 Å². The van der Waals surface area contributed by atoms with E-state index in [-0.39, 0.29) is 11.9 Å². The first kappa shape index (κ1) is 11.8. The third-order valence-electron chi connectivity index (χ3n) is 3.14. The van der Waals surface area contributed by atoms with Gasteiger partial charge in [0.05, 0.1) is 0 Å². The number of hydrogen-bond acceptors (Lipinski definition) is 3. The SMILES string of the molecule is O=NC1CCN(C(=O)CCc2ccccc2)C1. The molecule has 0 bridgehead atoms. The zero-order chi connectivity index (χ0) is 12.1. The highest BCUT2D eigenvalue weighted by Gasteiger charge is 2.26. The summed E-state index contributed by atoms with van der Waals surface area (Å²) in [7, 11) is 0. The van der Waals surface area contributed by atoms with Crippen molar-refractivity contribution in [3.8, 4) is 0 Å². The highest BCUT2D eigenvalue weighted by molar-refractivity contribution is 5.76. The van der Waals surface area contributed by atoms with E-state index in [4.69, 9.17) is 0 Å². The van der Waals surface area contributed by atoms with Crippen LogP contribution in [0.1, 0.15) is 18.4 Å². The lowest BCUT2D eigenvalue weighted by atomic mass is 10.1. The lowest BCUT2D eigenvalue weighted by Crippen LogP contribution is -2.29. The van der Waals surface area contributed by atoms with Gasteiger partial charge in [-0.15, -0.1) is 0 Å². The van der Waals surface area contributed by atoms with Crippen molar-refractivity contribution in [3.63, 3.8) is 0 Å². The largest absolute Gasteiger partial charge is 0.340 e. The Labute approximate surface area is 101 Å².